The molecule has 1 heterocycles. The third kappa shape index (κ3) is 3.16. The highest BCUT2D eigenvalue weighted by Gasteiger charge is 2.28. The van der Waals surface area contributed by atoms with Crippen LogP contribution in [-0.2, 0) is 16.6 Å². The van der Waals surface area contributed by atoms with Gasteiger partial charge < -0.3 is 5.32 Å². The van der Waals surface area contributed by atoms with E-state index in [0.29, 0.717) is 25.2 Å². The van der Waals surface area contributed by atoms with Crippen molar-refractivity contribution in [2.24, 2.45) is 0 Å². The summed E-state index contributed by atoms with van der Waals surface area (Å²) < 4.78 is 40.7. The lowest BCUT2D eigenvalue weighted by Crippen LogP contribution is -2.38. The summed E-state index contributed by atoms with van der Waals surface area (Å²) in [6, 6.07) is 2.96. The Labute approximate surface area is 123 Å². The summed E-state index contributed by atoms with van der Waals surface area (Å²) in [6.07, 6.45) is 0. The van der Waals surface area contributed by atoms with Gasteiger partial charge in [0.25, 0.3) is 0 Å². The van der Waals surface area contributed by atoms with Crippen LogP contribution in [0.3, 0.4) is 0 Å². The zero-order valence-corrected chi connectivity index (χ0v) is 13.3. The lowest BCUT2D eigenvalue weighted by atomic mass is 10.1. The van der Waals surface area contributed by atoms with Gasteiger partial charge in [-0.05, 0) is 31.7 Å². The van der Waals surface area contributed by atoms with E-state index in [9.17, 15) is 12.8 Å². The number of nitrogens with zero attached hydrogens (tertiary/aromatic N) is 1. The maximum Gasteiger partial charge on any atom is 0.243 e. The van der Waals surface area contributed by atoms with Gasteiger partial charge in [-0.2, -0.15) is 16.1 Å². The minimum absolute atomic E-state index is 0.0923. The first-order valence-electron chi connectivity index (χ1n) is 6.48. The zero-order valence-electron chi connectivity index (χ0n) is 11.6. The molecule has 1 fully saturated rings. The van der Waals surface area contributed by atoms with Gasteiger partial charge in [-0.15, -0.1) is 0 Å². The van der Waals surface area contributed by atoms with Gasteiger partial charge in [-0.25, -0.2) is 12.8 Å². The molecule has 112 valence electrons. The normalized spacial score (nSPS) is 17.4. The molecule has 1 aliphatic rings. The summed E-state index contributed by atoms with van der Waals surface area (Å²) in [5.41, 5.74) is 0.837. The van der Waals surface area contributed by atoms with Crippen molar-refractivity contribution in [2.75, 3.05) is 31.6 Å². The van der Waals surface area contributed by atoms with Crippen LogP contribution in [0.1, 0.15) is 11.1 Å². The summed E-state index contributed by atoms with van der Waals surface area (Å²) in [5, 5.41) is 2.91. The number of nitrogens with one attached hydrogen (secondary N) is 1. The molecule has 0 radical (unpaired) electrons. The Bertz CT molecular complexity index is 584. The fourth-order valence-corrected chi connectivity index (χ4v) is 5.07. The number of sulfonamides is 1. The van der Waals surface area contributed by atoms with E-state index in [1.165, 1.54) is 17.3 Å². The summed E-state index contributed by atoms with van der Waals surface area (Å²) in [7, 11) is -1.86. The fourth-order valence-electron chi connectivity index (χ4n) is 2.21. The van der Waals surface area contributed by atoms with Crippen LogP contribution in [0.25, 0.3) is 0 Å². The van der Waals surface area contributed by atoms with Gasteiger partial charge in [0.05, 0.1) is 4.90 Å². The molecule has 0 bridgehead atoms. The summed E-state index contributed by atoms with van der Waals surface area (Å²) >= 11 is 1.74. The lowest BCUT2D eigenvalue weighted by molar-refractivity contribution is 0.442. The maximum absolute atomic E-state index is 13.9. The third-order valence-corrected chi connectivity index (χ3v) is 6.29. The predicted molar refractivity (Wildman–Crippen MR) is 80.0 cm³/mol. The highest BCUT2D eigenvalue weighted by Crippen LogP contribution is 2.25. The molecule has 0 atom stereocenters. The Kier molecular flexibility index (Phi) is 5.06. The molecular formula is C13H19FN2O2S2. The van der Waals surface area contributed by atoms with E-state index in [-0.39, 0.29) is 10.5 Å². The van der Waals surface area contributed by atoms with E-state index in [2.05, 4.69) is 5.32 Å². The van der Waals surface area contributed by atoms with E-state index >= 15 is 0 Å². The number of hydrogen-bond donors (Lipinski definition) is 1. The molecule has 0 aromatic heterocycles. The Hall–Kier alpha value is -0.630. The second-order valence-corrected chi connectivity index (χ2v) is 7.88. The largest absolute Gasteiger partial charge is 0.316 e. The predicted octanol–water partition coefficient (Wildman–Crippen LogP) is 1.59. The number of halogens is 1. The number of thioether (sulfide) groups is 1. The molecule has 0 amide bonds. The van der Waals surface area contributed by atoms with Gasteiger partial charge in [-0.3, -0.25) is 0 Å². The molecule has 4 nitrogen and oxygen atoms in total. The van der Waals surface area contributed by atoms with Gasteiger partial charge in [0, 0.05) is 36.7 Å². The Morgan fingerprint density at radius 3 is 2.60 bits per heavy atom. The van der Waals surface area contributed by atoms with Crippen molar-refractivity contribution >= 4 is 21.8 Å². The second kappa shape index (κ2) is 6.43. The summed E-state index contributed by atoms with van der Waals surface area (Å²) in [6.45, 7) is 2.94. The number of rotatable bonds is 4. The van der Waals surface area contributed by atoms with Crippen molar-refractivity contribution in [1.82, 2.24) is 9.62 Å². The number of benzene rings is 1. The molecule has 0 unspecified atom stereocenters. The highest BCUT2D eigenvalue weighted by atomic mass is 32.2. The van der Waals surface area contributed by atoms with Crippen LogP contribution in [0.15, 0.2) is 17.0 Å². The first-order chi connectivity index (χ1) is 9.46. The van der Waals surface area contributed by atoms with Gasteiger partial charge in [0.2, 0.25) is 10.0 Å². The molecule has 0 saturated carbocycles. The molecule has 2 rings (SSSR count). The van der Waals surface area contributed by atoms with Crippen LogP contribution in [0.5, 0.6) is 0 Å². The van der Waals surface area contributed by atoms with E-state index in [1.54, 1.807) is 24.9 Å². The Morgan fingerprint density at radius 1 is 1.35 bits per heavy atom. The van der Waals surface area contributed by atoms with Crippen LogP contribution < -0.4 is 5.32 Å². The quantitative estimate of drug-likeness (QED) is 0.916. The average Bonchev–Trinajstić information content (AvgIpc) is 2.43. The first-order valence-corrected chi connectivity index (χ1v) is 9.08. The van der Waals surface area contributed by atoms with Gasteiger partial charge in [0.1, 0.15) is 5.82 Å². The third-order valence-electron chi connectivity index (χ3n) is 3.33. The van der Waals surface area contributed by atoms with Crippen LogP contribution in [0.4, 0.5) is 4.39 Å². The molecule has 1 saturated heterocycles. The molecule has 7 heteroatoms. The van der Waals surface area contributed by atoms with Crippen LogP contribution >= 0.6 is 11.8 Å². The highest BCUT2D eigenvalue weighted by molar-refractivity contribution is 7.99. The van der Waals surface area contributed by atoms with Gasteiger partial charge in [0.15, 0.2) is 0 Å². The molecule has 1 aromatic rings. The van der Waals surface area contributed by atoms with Crippen molar-refractivity contribution in [3.63, 3.8) is 0 Å². The van der Waals surface area contributed by atoms with Crippen molar-refractivity contribution in [1.29, 1.82) is 0 Å². The van der Waals surface area contributed by atoms with E-state index in [4.69, 9.17) is 0 Å². The molecule has 1 aliphatic heterocycles. The smallest absolute Gasteiger partial charge is 0.243 e. The minimum atomic E-state index is -3.60. The topological polar surface area (TPSA) is 49.4 Å². The van der Waals surface area contributed by atoms with Crippen molar-refractivity contribution < 1.29 is 12.8 Å². The summed E-state index contributed by atoms with van der Waals surface area (Å²) in [5.74, 6) is 1.11. The van der Waals surface area contributed by atoms with E-state index < -0.39 is 15.8 Å². The summed E-state index contributed by atoms with van der Waals surface area (Å²) in [4.78, 5) is 0.0923. The standard InChI is InChI=1S/C13H19FN2O2S2/c1-10-12(14)7-11(9-15-2)8-13(10)20(17,18)16-3-5-19-6-4-16/h7-8,15H,3-6,9H2,1-2H3. The van der Waals surface area contributed by atoms with Gasteiger partial charge in [-0.1, -0.05) is 0 Å². The molecule has 0 aliphatic carbocycles. The SMILES string of the molecule is CNCc1cc(F)c(C)c(S(=O)(=O)N2CCSCC2)c1. The molecule has 20 heavy (non-hydrogen) atoms. The molecule has 1 N–H and O–H groups in total. The molecule has 1 aromatic carbocycles. The van der Waals surface area contributed by atoms with E-state index in [0.717, 1.165) is 11.5 Å². The van der Waals surface area contributed by atoms with Crippen molar-refractivity contribution in [3.8, 4) is 0 Å². The molecular weight excluding hydrogens is 299 g/mol. The van der Waals surface area contributed by atoms with E-state index in [1.807, 2.05) is 0 Å². The maximum atomic E-state index is 13.9. The van der Waals surface area contributed by atoms with Crippen LogP contribution in [-0.4, -0.2) is 44.4 Å². The molecule has 0 spiro atoms. The Morgan fingerprint density at radius 2 is 2.00 bits per heavy atom. The zero-order chi connectivity index (χ0) is 14.8. The van der Waals surface area contributed by atoms with Crippen LogP contribution in [0.2, 0.25) is 0 Å². The average molecular weight is 318 g/mol. The van der Waals surface area contributed by atoms with Gasteiger partial charge >= 0.3 is 0 Å². The monoisotopic (exact) mass is 318 g/mol. The Balaban J connectivity index is 2.44. The number of hydrogen-bond acceptors (Lipinski definition) is 4. The van der Waals surface area contributed by atoms with Crippen LogP contribution in [0, 0.1) is 12.7 Å². The van der Waals surface area contributed by atoms with Crippen molar-refractivity contribution in [3.05, 3.63) is 29.1 Å². The van der Waals surface area contributed by atoms with Crippen molar-refractivity contribution in [2.45, 2.75) is 18.4 Å². The lowest BCUT2D eigenvalue weighted by Gasteiger charge is -2.26. The second-order valence-electron chi connectivity index (χ2n) is 4.75. The minimum Gasteiger partial charge on any atom is -0.316 e. The first kappa shape index (κ1) is 15.8. The fraction of sp³-hybridized carbons (Fsp3) is 0.538.